The van der Waals surface area contributed by atoms with E-state index in [-0.39, 0.29) is 10.8 Å². The minimum absolute atomic E-state index is 0.00237. The lowest BCUT2D eigenvalue weighted by molar-refractivity contribution is 0.559. The lowest BCUT2D eigenvalue weighted by Gasteiger charge is -2.25. The number of benzene rings is 1. The predicted molar refractivity (Wildman–Crippen MR) is 124 cm³/mol. The minimum atomic E-state index is -0.00237. The van der Waals surface area contributed by atoms with E-state index in [2.05, 4.69) is 96.2 Å². The maximum atomic E-state index is 5.20. The van der Waals surface area contributed by atoms with Crippen molar-refractivity contribution in [3.8, 4) is 0 Å². The molecule has 0 bridgehead atoms. The van der Waals surface area contributed by atoms with Gasteiger partial charge in [0.1, 0.15) is 5.65 Å². The lowest BCUT2D eigenvalue weighted by Crippen LogP contribution is -2.18. The SMILES string of the molecule is CCC(C)c1nc(C(C)(C)C)cc2cc(C(C)(C)C)n3c4ccccc4nc3c12. The van der Waals surface area contributed by atoms with E-state index in [0.717, 1.165) is 23.3 Å². The molecule has 1 unspecified atom stereocenters. The fourth-order valence-corrected chi connectivity index (χ4v) is 4.08. The van der Waals surface area contributed by atoms with Crippen LogP contribution < -0.4 is 0 Å². The molecule has 3 aromatic heterocycles. The molecule has 0 N–H and O–H groups in total. The van der Waals surface area contributed by atoms with Gasteiger partial charge in [0, 0.05) is 27.6 Å². The molecule has 0 saturated carbocycles. The van der Waals surface area contributed by atoms with E-state index in [9.17, 15) is 0 Å². The molecular weight excluding hydrogens is 354 g/mol. The molecule has 0 aliphatic rings. The molecule has 3 nitrogen and oxygen atoms in total. The zero-order valence-electron chi connectivity index (χ0n) is 19.1. The van der Waals surface area contributed by atoms with Crippen molar-refractivity contribution in [2.75, 3.05) is 0 Å². The van der Waals surface area contributed by atoms with Crippen LogP contribution in [0.3, 0.4) is 0 Å². The van der Waals surface area contributed by atoms with Gasteiger partial charge < -0.3 is 0 Å². The van der Waals surface area contributed by atoms with Crippen molar-refractivity contribution in [3.05, 3.63) is 53.5 Å². The number of imidazole rings is 1. The van der Waals surface area contributed by atoms with Crippen LogP contribution in [0, 0.1) is 0 Å². The highest BCUT2D eigenvalue weighted by atomic mass is 15.0. The summed E-state index contributed by atoms with van der Waals surface area (Å²) in [5.74, 6) is 0.379. The molecule has 0 aliphatic carbocycles. The zero-order chi connectivity index (χ0) is 21.1. The van der Waals surface area contributed by atoms with Gasteiger partial charge in [-0.25, -0.2) is 4.98 Å². The number of rotatable bonds is 2. The summed E-state index contributed by atoms with van der Waals surface area (Å²) in [7, 11) is 0. The average molecular weight is 388 g/mol. The van der Waals surface area contributed by atoms with Crippen LogP contribution in [0.2, 0.25) is 0 Å². The summed E-state index contributed by atoms with van der Waals surface area (Å²) in [6.45, 7) is 18.1. The molecule has 4 rings (SSSR count). The Balaban J connectivity index is 2.28. The fourth-order valence-electron chi connectivity index (χ4n) is 4.08. The van der Waals surface area contributed by atoms with Crippen LogP contribution in [0.4, 0.5) is 0 Å². The predicted octanol–water partition coefficient (Wildman–Crippen LogP) is 7.14. The van der Waals surface area contributed by atoms with Crippen LogP contribution in [0.1, 0.15) is 84.8 Å². The standard InChI is InChI=1S/C26H33N3/c1-9-16(2)23-22-17(14-20(28-23)25(3,4)5)15-21(26(6,7)8)29-19-13-11-10-12-18(19)27-24(22)29/h10-16H,9H2,1-8H3. The molecular formula is C26H33N3. The number of nitrogens with zero attached hydrogens (tertiary/aromatic N) is 3. The highest BCUT2D eigenvalue weighted by molar-refractivity contribution is 6.00. The monoisotopic (exact) mass is 387 g/mol. The number of fused-ring (bicyclic) bond motifs is 5. The molecule has 1 atom stereocenters. The molecule has 1 aromatic carbocycles. The van der Waals surface area contributed by atoms with Gasteiger partial charge in [0.05, 0.1) is 16.7 Å². The van der Waals surface area contributed by atoms with E-state index in [4.69, 9.17) is 9.97 Å². The zero-order valence-corrected chi connectivity index (χ0v) is 19.1. The van der Waals surface area contributed by atoms with Crippen molar-refractivity contribution in [3.63, 3.8) is 0 Å². The summed E-state index contributed by atoms with van der Waals surface area (Å²) < 4.78 is 2.36. The van der Waals surface area contributed by atoms with Crippen LogP contribution in [0.5, 0.6) is 0 Å². The summed E-state index contributed by atoms with van der Waals surface area (Å²) in [4.78, 5) is 10.3. The maximum absolute atomic E-state index is 5.20. The highest BCUT2D eigenvalue weighted by Gasteiger charge is 2.26. The first kappa shape index (κ1) is 19.9. The van der Waals surface area contributed by atoms with Crippen molar-refractivity contribution < 1.29 is 0 Å². The van der Waals surface area contributed by atoms with E-state index in [1.165, 1.54) is 27.7 Å². The van der Waals surface area contributed by atoms with Crippen molar-refractivity contribution in [2.24, 2.45) is 0 Å². The third kappa shape index (κ3) is 3.21. The van der Waals surface area contributed by atoms with Gasteiger partial charge in [-0.3, -0.25) is 9.38 Å². The molecule has 0 saturated heterocycles. The van der Waals surface area contributed by atoms with Crippen LogP contribution in [0.15, 0.2) is 36.4 Å². The normalized spacial score (nSPS) is 14.2. The third-order valence-corrected chi connectivity index (χ3v) is 6.01. The molecule has 152 valence electrons. The van der Waals surface area contributed by atoms with E-state index < -0.39 is 0 Å². The van der Waals surface area contributed by atoms with Gasteiger partial charge in [0.2, 0.25) is 0 Å². The first-order valence-corrected chi connectivity index (χ1v) is 10.8. The molecule has 0 aliphatic heterocycles. The summed E-state index contributed by atoms with van der Waals surface area (Å²) >= 11 is 0. The second-order valence-electron chi connectivity index (χ2n) is 10.5. The quantitative estimate of drug-likeness (QED) is 0.366. The van der Waals surface area contributed by atoms with E-state index in [1.54, 1.807) is 0 Å². The van der Waals surface area contributed by atoms with Gasteiger partial charge >= 0.3 is 0 Å². The summed E-state index contributed by atoms with van der Waals surface area (Å²) in [6.07, 6.45) is 1.06. The van der Waals surface area contributed by atoms with Crippen LogP contribution in [-0.4, -0.2) is 14.4 Å². The second kappa shape index (κ2) is 6.55. The van der Waals surface area contributed by atoms with Crippen molar-refractivity contribution in [1.29, 1.82) is 0 Å². The highest BCUT2D eigenvalue weighted by Crippen LogP contribution is 2.37. The van der Waals surface area contributed by atoms with Gasteiger partial charge in [-0.15, -0.1) is 0 Å². The topological polar surface area (TPSA) is 30.2 Å². The first-order chi connectivity index (χ1) is 13.5. The first-order valence-electron chi connectivity index (χ1n) is 10.8. The van der Waals surface area contributed by atoms with Crippen molar-refractivity contribution >= 4 is 27.5 Å². The Morgan fingerprint density at radius 1 is 0.931 bits per heavy atom. The van der Waals surface area contributed by atoms with Crippen LogP contribution in [-0.2, 0) is 10.8 Å². The molecule has 0 spiro atoms. The summed E-state index contributed by atoms with van der Waals surface area (Å²) in [5.41, 5.74) is 6.87. The molecule has 3 heteroatoms. The van der Waals surface area contributed by atoms with Gasteiger partial charge in [0.25, 0.3) is 0 Å². The third-order valence-electron chi connectivity index (χ3n) is 6.01. The van der Waals surface area contributed by atoms with E-state index in [1.807, 2.05) is 0 Å². The number of pyridine rings is 2. The van der Waals surface area contributed by atoms with Crippen LogP contribution >= 0.6 is 0 Å². The Hall–Kier alpha value is -2.42. The Labute approximate surface area is 174 Å². The molecule has 0 radical (unpaired) electrons. The number of para-hydroxylation sites is 2. The van der Waals surface area contributed by atoms with Gasteiger partial charge in [-0.1, -0.05) is 67.5 Å². The largest absolute Gasteiger partial charge is 0.295 e. The maximum Gasteiger partial charge on any atom is 0.147 e. The van der Waals surface area contributed by atoms with Gasteiger partial charge in [-0.2, -0.15) is 0 Å². The number of hydrogen-bond donors (Lipinski definition) is 0. The number of hydrogen-bond acceptors (Lipinski definition) is 2. The molecule has 4 aromatic rings. The van der Waals surface area contributed by atoms with Crippen molar-refractivity contribution in [1.82, 2.24) is 14.4 Å². The molecule has 0 fully saturated rings. The molecule has 29 heavy (non-hydrogen) atoms. The number of aromatic nitrogens is 3. The van der Waals surface area contributed by atoms with Gasteiger partial charge in [0.15, 0.2) is 0 Å². The minimum Gasteiger partial charge on any atom is -0.295 e. The van der Waals surface area contributed by atoms with Gasteiger partial charge in [-0.05, 0) is 42.0 Å². The Morgan fingerprint density at radius 3 is 2.24 bits per heavy atom. The van der Waals surface area contributed by atoms with E-state index >= 15 is 0 Å². The van der Waals surface area contributed by atoms with Crippen molar-refractivity contribution in [2.45, 2.75) is 78.6 Å². The Bertz CT molecular complexity index is 1220. The van der Waals surface area contributed by atoms with Crippen LogP contribution in [0.25, 0.3) is 27.5 Å². The average Bonchev–Trinajstić information content (AvgIpc) is 3.03. The smallest absolute Gasteiger partial charge is 0.147 e. The summed E-state index contributed by atoms with van der Waals surface area (Å²) in [6, 6.07) is 13.1. The lowest BCUT2D eigenvalue weighted by atomic mass is 9.86. The Kier molecular flexibility index (Phi) is 4.49. The second-order valence-corrected chi connectivity index (χ2v) is 10.5. The summed E-state index contributed by atoms with van der Waals surface area (Å²) in [5, 5.41) is 2.46. The molecule has 3 heterocycles. The molecule has 0 amide bonds. The van der Waals surface area contributed by atoms with E-state index in [0.29, 0.717) is 5.92 Å². The Morgan fingerprint density at radius 2 is 1.62 bits per heavy atom. The fraction of sp³-hybridized carbons (Fsp3) is 0.462.